The maximum Gasteiger partial charge on any atom is 0.257 e. The Labute approximate surface area is 109 Å². The summed E-state index contributed by atoms with van der Waals surface area (Å²) in [5, 5.41) is 11.8. The normalized spacial score (nSPS) is 9.56. The number of anilines is 1. The number of benzene rings is 1. The number of carbonyl (C=O) groups is 1. The zero-order chi connectivity index (χ0) is 13.0. The van der Waals surface area contributed by atoms with Crippen molar-refractivity contribution < 1.29 is 4.79 Å². The van der Waals surface area contributed by atoms with Crippen molar-refractivity contribution in [3.05, 3.63) is 58.9 Å². The summed E-state index contributed by atoms with van der Waals surface area (Å²) in [5.41, 5.74) is 1.17. The number of nitrogens with one attached hydrogen (secondary N) is 1. The molecule has 2 aromatic rings. The average molecular weight is 258 g/mol. The molecule has 4 nitrogen and oxygen atoms in total. The molecule has 0 saturated carbocycles. The van der Waals surface area contributed by atoms with Gasteiger partial charge in [-0.1, -0.05) is 23.7 Å². The van der Waals surface area contributed by atoms with Gasteiger partial charge < -0.3 is 5.32 Å². The fourth-order valence-electron chi connectivity index (χ4n) is 1.44. The zero-order valence-electron chi connectivity index (χ0n) is 9.22. The Hall–Kier alpha value is -2.38. The fraction of sp³-hybridized carbons (Fsp3) is 0. The molecule has 0 saturated heterocycles. The molecule has 88 valence electrons. The van der Waals surface area contributed by atoms with Crippen molar-refractivity contribution in [2.45, 2.75) is 0 Å². The third-order valence-electron chi connectivity index (χ3n) is 2.31. The van der Waals surface area contributed by atoms with Crippen LogP contribution in [0.25, 0.3) is 0 Å². The van der Waals surface area contributed by atoms with Gasteiger partial charge in [0.1, 0.15) is 6.07 Å². The SMILES string of the molecule is N#Cc1ccccc1NC(=O)c1ccncc1Cl. The number of para-hydroxylation sites is 1. The quantitative estimate of drug-likeness (QED) is 0.900. The molecule has 18 heavy (non-hydrogen) atoms. The molecule has 0 unspecified atom stereocenters. The topological polar surface area (TPSA) is 65.8 Å². The first-order chi connectivity index (χ1) is 8.72. The van der Waals surface area contributed by atoms with E-state index in [4.69, 9.17) is 16.9 Å². The van der Waals surface area contributed by atoms with Gasteiger partial charge in [-0.15, -0.1) is 0 Å². The van der Waals surface area contributed by atoms with Crippen molar-refractivity contribution in [2.75, 3.05) is 5.32 Å². The van der Waals surface area contributed by atoms with Crippen LogP contribution in [0.1, 0.15) is 15.9 Å². The molecule has 1 aromatic carbocycles. The molecular weight excluding hydrogens is 250 g/mol. The molecule has 0 spiro atoms. The van der Waals surface area contributed by atoms with Crippen LogP contribution in [0.2, 0.25) is 5.02 Å². The van der Waals surface area contributed by atoms with Crippen LogP contribution in [0, 0.1) is 11.3 Å². The van der Waals surface area contributed by atoms with E-state index in [0.717, 1.165) is 0 Å². The molecule has 0 bridgehead atoms. The molecule has 0 aliphatic carbocycles. The lowest BCUT2D eigenvalue weighted by molar-refractivity contribution is 0.102. The summed E-state index contributed by atoms with van der Waals surface area (Å²) in [6, 6.07) is 10.3. The van der Waals surface area contributed by atoms with Crippen LogP contribution < -0.4 is 5.32 Å². The number of aromatic nitrogens is 1. The molecule has 0 aliphatic heterocycles. The predicted octanol–water partition coefficient (Wildman–Crippen LogP) is 2.86. The molecule has 1 aromatic heterocycles. The third kappa shape index (κ3) is 2.47. The van der Waals surface area contributed by atoms with Crippen molar-refractivity contribution in [1.82, 2.24) is 4.98 Å². The Morgan fingerprint density at radius 1 is 1.33 bits per heavy atom. The van der Waals surface area contributed by atoms with E-state index in [9.17, 15) is 4.79 Å². The van der Waals surface area contributed by atoms with Crippen LogP contribution >= 0.6 is 11.6 Å². The van der Waals surface area contributed by atoms with Gasteiger partial charge in [0.25, 0.3) is 5.91 Å². The molecular formula is C13H8ClN3O. The highest BCUT2D eigenvalue weighted by atomic mass is 35.5. The van der Waals surface area contributed by atoms with Gasteiger partial charge in [0.2, 0.25) is 0 Å². The minimum atomic E-state index is -0.370. The highest BCUT2D eigenvalue weighted by molar-refractivity contribution is 6.34. The summed E-state index contributed by atoms with van der Waals surface area (Å²) in [5.74, 6) is -0.370. The summed E-state index contributed by atoms with van der Waals surface area (Å²) in [4.78, 5) is 15.8. The van der Waals surface area contributed by atoms with Crippen LogP contribution in [0.4, 0.5) is 5.69 Å². The second-order valence-corrected chi connectivity index (χ2v) is 3.87. The molecule has 0 aliphatic rings. The lowest BCUT2D eigenvalue weighted by atomic mass is 10.2. The van der Waals surface area contributed by atoms with E-state index in [1.165, 1.54) is 18.5 Å². The fourth-order valence-corrected chi connectivity index (χ4v) is 1.64. The first kappa shape index (κ1) is 12.1. The number of halogens is 1. The van der Waals surface area contributed by atoms with Crippen LogP contribution in [0.5, 0.6) is 0 Å². The number of amides is 1. The second kappa shape index (κ2) is 5.30. The predicted molar refractivity (Wildman–Crippen MR) is 68.4 cm³/mol. The summed E-state index contributed by atoms with van der Waals surface area (Å²) in [6.45, 7) is 0. The third-order valence-corrected chi connectivity index (χ3v) is 2.61. The van der Waals surface area contributed by atoms with Crippen LogP contribution in [-0.4, -0.2) is 10.9 Å². The van der Waals surface area contributed by atoms with Crippen molar-refractivity contribution >= 4 is 23.2 Å². The number of pyridine rings is 1. The molecule has 1 amide bonds. The molecule has 5 heteroatoms. The summed E-state index contributed by atoms with van der Waals surface area (Å²) >= 11 is 5.87. The molecule has 2 rings (SSSR count). The van der Waals surface area contributed by atoms with Gasteiger partial charge in [-0.2, -0.15) is 5.26 Å². The largest absolute Gasteiger partial charge is 0.321 e. The number of hydrogen-bond donors (Lipinski definition) is 1. The maximum atomic E-state index is 12.0. The van der Waals surface area contributed by atoms with Crippen molar-refractivity contribution in [1.29, 1.82) is 5.26 Å². The Bertz CT molecular complexity index is 634. The maximum absolute atomic E-state index is 12.0. The van der Waals surface area contributed by atoms with Gasteiger partial charge >= 0.3 is 0 Å². The Morgan fingerprint density at radius 3 is 2.83 bits per heavy atom. The molecule has 0 radical (unpaired) electrons. The highest BCUT2D eigenvalue weighted by Crippen LogP contribution is 2.18. The minimum Gasteiger partial charge on any atom is -0.321 e. The van der Waals surface area contributed by atoms with Gasteiger partial charge in [-0.25, -0.2) is 0 Å². The second-order valence-electron chi connectivity index (χ2n) is 3.47. The lowest BCUT2D eigenvalue weighted by Gasteiger charge is -2.07. The van der Waals surface area contributed by atoms with E-state index >= 15 is 0 Å². The van der Waals surface area contributed by atoms with E-state index in [0.29, 0.717) is 16.8 Å². The van der Waals surface area contributed by atoms with Crippen molar-refractivity contribution in [3.63, 3.8) is 0 Å². The van der Waals surface area contributed by atoms with E-state index < -0.39 is 0 Å². The van der Waals surface area contributed by atoms with E-state index in [2.05, 4.69) is 10.3 Å². The smallest absolute Gasteiger partial charge is 0.257 e. The summed E-state index contributed by atoms with van der Waals surface area (Å²) in [6.07, 6.45) is 2.88. The average Bonchev–Trinajstić information content (AvgIpc) is 2.39. The summed E-state index contributed by atoms with van der Waals surface area (Å²) < 4.78 is 0. The standard InChI is InChI=1S/C13H8ClN3O/c14-11-8-16-6-5-10(11)13(18)17-12-4-2-1-3-9(12)7-15/h1-6,8H,(H,17,18). The molecule has 1 N–H and O–H groups in total. The highest BCUT2D eigenvalue weighted by Gasteiger charge is 2.11. The molecule has 1 heterocycles. The monoisotopic (exact) mass is 257 g/mol. The van der Waals surface area contributed by atoms with Crippen LogP contribution in [0.3, 0.4) is 0 Å². The summed E-state index contributed by atoms with van der Waals surface area (Å²) in [7, 11) is 0. The van der Waals surface area contributed by atoms with E-state index in [1.807, 2.05) is 6.07 Å². The van der Waals surface area contributed by atoms with Gasteiger partial charge in [0, 0.05) is 12.4 Å². The van der Waals surface area contributed by atoms with E-state index in [-0.39, 0.29) is 10.9 Å². The number of nitriles is 1. The minimum absolute atomic E-state index is 0.268. The van der Waals surface area contributed by atoms with Gasteiger partial charge in [0.15, 0.2) is 0 Å². The van der Waals surface area contributed by atoms with Crippen molar-refractivity contribution in [3.8, 4) is 6.07 Å². The molecule has 0 fully saturated rings. The number of rotatable bonds is 2. The molecule has 0 atom stereocenters. The van der Waals surface area contributed by atoms with Gasteiger partial charge in [-0.05, 0) is 18.2 Å². The number of nitrogens with zero attached hydrogens (tertiary/aromatic N) is 2. The zero-order valence-corrected chi connectivity index (χ0v) is 9.98. The Kier molecular flexibility index (Phi) is 3.56. The Balaban J connectivity index is 2.28. The lowest BCUT2D eigenvalue weighted by Crippen LogP contribution is -2.13. The van der Waals surface area contributed by atoms with Crippen LogP contribution in [-0.2, 0) is 0 Å². The van der Waals surface area contributed by atoms with Gasteiger partial charge in [-0.3, -0.25) is 9.78 Å². The number of hydrogen-bond acceptors (Lipinski definition) is 3. The first-order valence-electron chi connectivity index (χ1n) is 5.12. The Morgan fingerprint density at radius 2 is 2.11 bits per heavy atom. The van der Waals surface area contributed by atoms with Crippen molar-refractivity contribution in [2.24, 2.45) is 0 Å². The van der Waals surface area contributed by atoms with Gasteiger partial charge in [0.05, 0.1) is 21.8 Å². The van der Waals surface area contributed by atoms with Crippen LogP contribution in [0.15, 0.2) is 42.7 Å². The van der Waals surface area contributed by atoms with E-state index in [1.54, 1.807) is 24.3 Å². The first-order valence-corrected chi connectivity index (χ1v) is 5.50. The number of carbonyl (C=O) groups excluding carboxylic acids is 1.